The molecule has 0 saturated carbocycles. The van der Waals surface area contributed by atoms with Crippen molar-refractivity contribution < 1.29 is 4.39 Å². The number of rotatable bonds is 4. The second-order valence-electron chi connectivity index (χ2n) is 4.72. The van der Waals surface area contributed by atoms with E-state index >= 15 is 0 Å². The molecule has 0 fully saturated rings. The Morgan fingerprint density at radius 1 is 1.44 bits per heavy atom. The number of aromatic nitrogens is 2. The smallest absolute Gasteiger partial charge is 0.125 e. The van der Waals surface area contributed by atoms with Gasteiger partial charge in [0.2, 0.25) is 0 Å². The summed E-state index contributed by atoms with van der Waals surface area (Å²) in [5.41, 5.74) is 1.59. The number of likely N-dealkylation sites (N-methyl/N-ethyl adjacent to an activating group) is 1. The molecule has 0 N–H and O–H groups in total. The zero-order valence-electron chi connectivity index (χ0n) is 10.8. The average molecular weight is 270 g/mol. The normalized spacial score (nSPS) is 13.4. The van der Waals surface area contributed by atoms with Gasteiger partial charge in [-0.2, -0.15) is 0 Å². The van der Waals surface area contributed by atoms with E-state index in [1.165, 1.54) is 12.1 Å². The van der Waals surface area contributed by atoms with Gasteiger partial charge in [0.15, 0.2) is 0 Å². The first-order valence-corrected chi connectivity index (χ1v) is 6.43. The van der Waals surface area contributed by atoms with Crippen molar-refractivity contribution in [3.63, 3.8) is 0 Å². The van der Waals surface area contributed by atoms with E-state index in [9.17, 15) is 4.39 Å². The maximum absolute atomic E-state index is 13.3. The van der Waals surface area contributed by atoms with Gasteiger partial charge in [-0.15, -0.1) is 11.6 Å². The topological polar surface area (TPSA) is 21.1 Å². The molecule has 0 radical (unpaired) electrons. The van der Waals surface area contributed by atoms with Crippen molar-refractivity contribution in [2.45, 2.75) is 25.4 Å². The molecule has 2 aromatic rings. The molecule has 98 valence electrons. The number of alkyl halides is 1. The minimum Gasteiger partial charge on any atom is -0.325 e. The molecule has 18 heavy (non-hydrogen) atoms. The SMILES string of the molecule is CC(Cn1c(CCl)nc2ccc(F)cc21)N(C)C. The van der Waals surface area contributed by atoms with Gasteiger partial charge in [0, 0.05) is 12.6 Å². The predicted octanol–water partition coefficient (Wildman–Crippen LogP) is 2.86. The molecule has 0 bridgehead atoms. The Labute approximate surface area is 111 Å². The molecule has 3 nitrogen and oxygen atoms in total. The van der Waals surface area contributed by atoms with Crippen LogP contribution < -0.4 is 0 Å². The van der Waals surface area contributed by atoms with Gasteiger partial charge in [-0.25, -0.2) is 9.37 Å². The summed E-state index contributed by atoms with van der Waals surface area (Å²) in [6.07, 6.45) is 0. The monoisotopic (exact) mass is 269 g/mol. The summed E-state index contributed by atoms with van der Waals surface area (Å²) in [5.74, 6) is 0.865. The lowest BCUT2D eigenvalue weighted by atomic mass is 10.2. The predicted molar refractivity (Wildman–Crippen MR) is 72.4 cm³/mol. The first-order valence-electron chi connectivity index (χ1n) is 5.90. The van der Waals surface area contributed by atoms with Crippen LogP contribution in [-0.4, -0.2) is 34.6 Å². The maximum atomic E-state index is 13.3. The number of nitrogens with zero attached hydrogens (tertiary/aromatic N) is 3. The van der Waals surface area contributed by atoms with Crippen LogP contribution in [0, 0.1) is 5.82 Å². The minimum absolute atomic E-state index is 0.248. The highest BCUT2D eigenvalue weighted by Gasteiger charge is 2.14. The third-order valence-electron chi connectivity index (χ3n) is 3.24. The number of hydrogen-bond donors (Lipinski definition) is 0. The van der Waals surface area contributed by atoms with Gasteiger partial charge in [0.1, 0.15) is 11.6 Å². The fraction of sp³-hybridized carbons (Fsp3) is 0.462. The van der Waals surface area contributed by atoms with E-state index in [1.807, 2.05) is 18.7 Å². The van der Waals surface area contributed by atoms with Crippen molar-refractivity contribution in [2.24, 2.45) is 0 Å². The molecule has 1 atom stereocenters. The minimum atomic E-state index is -0.248. The third-order valence-corrected chi connectivity index (χ3v) is 3.48. The molecular formula is C13H17ClFN3. The lowest BCUT2D eigenvalue weighted by Crippen LogP contribution is -2.29. The van der Waals surface area contributed by atoms with Crippen LogP contribution in [0.1, 0.15) is 12.7 Å². The zero-order chi connectivity index (χ0) is 13.3. The quantitative estimate of drug-likeness (QED) is 0.796. The Morgan fingerprint density at radius 2 is 2.17 bits per heavy atom. The van der Waals surface area contributed by atoms with Gasteiger partial charge in [-0.1, -0.05) is 0 Å². The Bertz CT molecular complexity index is 550. The largest absolute Gasteiger partial charge is 0.325 e. The number of imidazole rings is 1. The summed E-state index contributed by atoms with van der Waals surface area (Å²) in [5, 5.41) is 0. The lowest BCUT2D eigenvalue weighted by Gasteiger charge is -2.21. The van der Waals surface area contributed by atoms with Crippen molar-refractivity contribution in [1.82, 2.24) is 14.5 Å². The number of halogens is 2. The summed E-state index contributed by atoms with van der Waals surface area (Å²) >= 11 is 5.92. The van der Waals surface area contributed by atoms with Crippen LogP contribution in [0.25, 0.3) is 11.0 Å². The Kier molecular flexibility index (Phi) is 3.88. The van der Waals surface area contributed by atoms with Crippen LogP contribution in [-0.2, 0) is 12.4 Å². The molecule has 0 spiro atoms. The fourth-order valence-electron chi connectivity index (χ4n) is 1.88. The highest BCUT2D eigenvalue weighted by molar-refractivity contribution is 6.16. The third kappa shape index (κ3) is 2.49. The molecule has 1 heterocycles. The van der Waals surface area contributed by atoms with Crippen LogP contribution >= 0.6 is 11.6 Å². The Morgan fingerprint density at radius 3 is 2.78 bits per heavy atom. The lowest BCUT2D eigenvalue weighted by molar-refractivity contribution is 0.284. The van der Waals surface area contributed by atoms with Crippen molar-refractivity contribution in [3.8, 4) is 0 Å². The number of benzene rings is 1. The van der Waals surface area contributed by atoms with Gasteiger partial charge >= 0.3 is 0 Å². The van der Waals surface area contributed by atoms with Crippen molar-refractivity contribution in [3.05, 3.63) is 29.8 Å². The van der Waals surface area contributed by atoms with Crippen LogP contribution in [0.2, 0.25) is 0 Å². The second kappa shape index (κ2) is 5.24. The first-order chi connectivity index (χ1) is 8.52. The highest BCUT2D eigenvalue weighted by Crippen LogP contribution is 2.19. The Balaban J connectivity index is 2.48. The molecule has 1 aromatic carbocycles. The molecule has 0 saturated heterocycles. The standard InChI is InChI=1S/C13H17ClFN3/c1-9(17(2)3)8-18-12-6-10(15)4-5-11(12)16-13(18)7-14/h4-6,9H,7-8H2,1-3H3. The highest BCUT2D eigenvalue weighted by atomic mass is 35.5. The summed E-state index contributed by atoms with van der Waals surface area (Å²) in [7, 11) is 4.04. The van der Waals surface area contributed by atoms with Crippen molar-refractivity contribution in [1.29, 1.82) is 0 Å². The molecule has 5 heteroatoms. The van der Waals surface area contributed by atoms with Gasteiger partial charge in [0.05, 0.1) is 16.9 Å². The maximum Gasteiger partial charge on any atom is 0.125 e. The molecule has 2 rings (SSSR count). The van der Waals surface area contributed by atoms with E-state index in [4.69, 9.17) is 11.6 Å². The molecule has 0 aliphatic rings. The average Bonchev–Trinajstić information content (AvgIpc) is 2.67. The van der Waals surface area contributed by atoms with E-state index in [0.29, 0.717) is 11.9 Å². The second-order valence-corrected chi connectivity index (χ2v) is 4.99. The number of hydrogen-bond acceptors (Lipinski definition) is 2. The van der Waals surface area contributed by atoms with Gasteiger partial charge in [-0.3, -0.25) is 0 Å². The van der Waals surface area contributed by atoms with E-state index in [0.717, 1.165) is 23.4 Å². The summed E-state index contributed by atoms with van der Waals surface area (Å²) in [6, 6.07) is 4.96. The fourth-order valence-corrected chi connectivity index (χ4v) is 2.08. The van der Waals surface area contributed by atoms with Crippen LogP contribution in [0.3, 0.4) is 0 Å². The van der Waals surface area contributed by atoms with Crippen LogP contribution in [0.5, 0.6) is 0 Å². The molecule has 1 aromatic heterocycles. The summed E-state index contributed by atoms with van der Waals surface area (Å²) in [6.45, 7) is 2.86. The van der Waals surface area contributed by atoms with Crippen molar-refractivity contribution in [2.75, 3.05) is 14.1 Å². The van der Waals surface area contributed by atoms with E-state index < -0.39 is 0 Å². The summed E-state index contributed by atoms with van der Waals surface area (Å²) in [4.78, 5) is 6.54. The van der Waals surface area contributed by atoms with Gasteiger partial charge in [0.25, 0.3) is 0 Å². The van der Waals surface area contributed by atoms with Crippen LogP contribution in [0.4, 0.5) is 4.39 Å². The van der Waals surface area contributed by atoms with E-state index in [2.05, 4.69) is 16.8 Å². The molecule has 0 amide bonds. The Hall–Kier alpha value is -1.13. The number of fused-ring (bicyclic) bond motifs is 1. The molecule has 1 unspecified atom stereocenters. The summed E-state index contributed by atoms with van der Waals surface area (Å²) < 4.78 is 15.3. The van der Waals surface area contributed by atoms with Crippen molar-refractivity contribution >= 4 is 22.6 Å². The van der Waals surface area contributed by atoms with Gasteiger partial charge in [-0.05, 0) is 39.2 Å². The van der Waals surface area contributed by atoms with E-state index in [1.54, 1.807) is 6.07 Å². The van der Waals surface area contributed by atoms with Gasteiger partial charge < -0.3 is 9.47 Å². The zero-order valence-corrected chi connectivity index (χ0v) is 11.6. The first kappa shape index (κ1) is 13.3. The van der Waals surface area contributed by atoms with E-state index in [-0.39, 0.29) is 5.82 Å². The molecular weight excluding hydrogens is 253 g/mol. The van der Waals surface area contributed by atoms with Crippen LogP contribution in [0.15, 0.2) is 18.2 Å². The molecule has 0 aliphatic carbocycles. The molecule has 0 aliphatic heterocycles.